The number of nitrogens with zero attached hydrogens (tertiary/aromatic N) is 2. The van der Waals surface area contributed by atoms with E-state index in [-0.39, 0.29) is 18.1 Å². The lowest BCUT2D eigenvalue weighted by atomic mass is 9.59. The van der Waals surface area contributed by atoms with E-state index in [4.69, 9.17) is 5.73 Å². The van der Waals surface area contributed by atoms with Crippen LogP contribution in [0, 0.1) is 16.7 Å². The number of nitriles is 1. The highest BCUT2D eigenvalue weighted by atomic mass is 16.2. The molecule has 0 aromatic rings. The molecule has 1 rings (SSSR count). The van der Waals surface area contributed by atoms with Crippen molar-refractivity contribution in [2.24, 2.45) is 11.1 Å². The number of rotatable bonds is 3. The fraction of sp³-hybridized carbons (Fsp3) is 0.611. The highest BCUT2D eigenvalue weighted by molar-refractivity contribution is 5.98. The Bertz CT molecular complexity index is 596. The van der Waals surface area contributed by atoms with E-state index in [1.165, 1.54) is 12.2 Å². The molecule has 0 radical (unpaired) electrons. The van der Waals surface area contributed by atoms with E-state index >= 15 is 0 Å². The molecule has 0 aromatic carbocycles. The van der Waals surface area contributed by atoms with Crippen LogP contribution in [0.3, 0.4) is 0 Å². The van der Waals surface area contributed by atoms with Crippen molar-refractivity contribution in [1.82, 2.24) is 4.90 Å². The van der Waals surface area contributed by atoms with Crippen LogP contribution in [0.4, 0.5) is 0 Å². The van der Waals surface area contributed by atoms with Crippen molar-refractivity contribution in [3.05, 3.63) is 24.3 Å². The van der Waals surface area contributed by atoms with Gasteiger partial charge in [0.05, 0.1) is 17.6 Å². The predicted octanol–water partition coefficient (Wildman–Crippen LogP) is 2.33. The van der Waals surface area contributed by atoms with Gasteiger partial charge in [-0.25, -0.2) is 0 Å². The fourth-order valence-corrected chi connectivity index (χ4v) is 3.90. The molecule has 2 unspecified atom stereocenters. The van der Waals surface area contributed by atoms with Crippen LogP contribution in [0.25, 0.3) is 0 Å². The maximum atomic E-state index is 12.6. The smallest absolute Gasteiger partial charge is 0.247 e. The molecule has 0 saturated carbocycles. The minimum absolute atomic E-state index is 0.164. The highest BCUT2D eigenvalue weighted by Gasteiger charge is 2.61. The third-order valence-corrected chi connectivity index (χ3v) is 4.67. The fourth-order valence-electron chi connectivity index (χ4n) is 3.90. The summed E-state index contributed by atoms with van der Waals surface area (Å²) in [7, 11) is 0. The number of amides is 1. The minimum Gasteiger partial charge on any atom is -0.327 e. The van der Waals surface area contributed by atoms with E-state index in [2.05, 4.69) is 6.07 Å². The van der Waals surface area contributed by atoms with Gasteiger partial charge in [-0.1, -0.05) is 12.2 Å². The maximum absolute atomic E-state index is 12.6. The quantitative estimate of drug-likeness (QED) is 0.809. The summed E-state index contributed by atoms with van der Waals surface area (Å²) in [6.45, 7) is 10.9. The zero-order chi connectivity index (χ0) is 18.1. The SMILES string of the molecule is CC=CC(=O)N1C(C)(C)CC(C#N)(C(=O)C=CC)C(N)C1(C)C. The van der Waals surface area contributed by atoms with Crippen LogP contribution in [0.5, 0.6) is 0 Å². The number of carbonyl (C=O) groups is 2. The predicted molar refractivity (Wildman–Crippen MR) is 90.3 cm³/mol. The Morgan fingerprint density at radius 2 is 1.70 bits per heavy atom. The molecule has 1 aliphatic rings. The largest absolute Gasteiger partial charge is 0.327 e. The molecule has 0 spiro atoms. The molecular weight excluding hydrogens is 290 g/mol. The van der Waals surface area contributed by atoms with Gasteiger partial charge in [0.2, 0.25) is 5.91 Å². The molecule has 126 valence electrons. The normalized spacial score (nSPS) is 29.7. The van der Waals surface area contributed by atoms with Gasteiger partial charge in [-0.2, -0.15) is 5.26 Å². The van der Waals surface area contributed by atoms with Gasteiger partial charge in [0.15, 0.2) is 5.78 Å². The Kier molecular flexibility index (Phi) is 5.23. The molecule has 5 heteroatoms. The first kappa shape index (κ1) is 19.1. The molecule has 1 aliphatic heterocycles. The average molecular weight is 317 g/mol. The van der Waals surface area contributed by atoms with Gasteiger partial charge in [-0.3, -0.25) is 9.59 Å². The standard InChI is InChI=1S/C18H27N3O2/c1-7-9-13(22)18(12-19)11-16(3,4)21(14(23)10-8-2)17(5,6)15(18)20/h7-10,15H,11,20H2,1-6H3. The number of carbonyl (C=O) groups excluding carboxylic acids is 2. The molecule has 1 fully saturated rings. The van der Waals surface area contributed by atoms with Crippen LogP contribution >= 0.6 is 0 Å². The summed E-state index contributed by atoms with van der Waals surface area (Å²) >= 11 is 0. The van der Waals surface area contributed by atoms with E-state index in [0.717, 1.165) is 0 Å². The minimum atomic E-state index is -1.34. The van der Waals surface area contributed by atoms with Gasteiger partial charge in [0.1, 0.15) is 5.41 Å². The van der Waals surface area contributed by atoms with E-state index in [1.807, 2.05) is 27.7 Å². The number of hydrogen-bond donors (Lipinski definition) is 1. The van der Waals surface area contributed by atoms with Crippen LogP contribution in [-0.2, 0) is 9.59 Å². The first-order valence-electron chi connectivity index (χ1n) is 7.82. The van der Waals surface area contributed by atoms with Crippen LogP contribution in [0.1, 0.15) is 48.0 Å². The van der Waals surface area contributed by atoms with Crippen LogP contribution in [0.15, 0.2) is 24.3 Å². The Labute approximate surface area is 138 Å². The molecule has 0 bridgehead atoms. The van der Waals surface area contributed by atoms with E-state index in [1.54, 1.807) is 30.9 Å². The zero-order valence-electron chi connectivity index (χ0n) is 14.9. The van der Waals surface area contributed by atoms with Crippen molar-refractivity contribution in [2.45, 2.75) is 65.1 Å². The van der Waals surface area contributed by atoms with Gasteiger partial charge in [0, 0.05) is 5.54 Å². The summed E-state index contributed by atoms with van der Waals surface area (Å²) in [5, 5.41) is 9.80. The molecule has 23 heavy (non-hydrogen) atoms. The first-order valence-corrected chi connectivity index (χ1v) is 7.82. The van der Waals surface area contributed by atoms with Gasteiger partial charge < -0.3 is 10.6 Å². The average Bonchev–Trinajstić information content (AvgIpc) is 2.42. The Morgan fingerprint density at radius 3 is 2.13 bits per heavy atom. The Balaban J connectivity index is 3.53. The van der Waals surface area contributed by atoms with Crippen molar-refractivity contribution in [3.8, 4) is 6.07 Å². The molecular formula is C18H27N3O2. The Morgan fingerprint density at radius 1 is 1.17 bits per heavy atom. The zero-order valence-corrected chi connectivity index (χ0v) is 14.9. The molecule has 0 aliphatic carbocycles. The molecule has 1 amide bonds. The second kappa shape index (κ2) is 6.29. The number of piperidine rings is 1. The van der Waals surface area contributed by atoms with Crippen molar-refractivity contribution < 1.29 is 9.59 Å². The van der Waals surface area contributed by atoms with Crippen LogP contribution in [0.2, 0.25) is 0 Å². The van der Waals surface area contributed by atoms with Gasteiger partial charge in [-0.05, 0) is 60.1 Å². The third kappa shape index (κ3) is 2.96. The van der Waals surface area contributed by atoms with Crippen molar-refractivity contribution in [2.75, 3.05) is 0 Å². The third-order valence-electron chi connectivity index (χ3n) is 4.67. The summed E-state index contributed by atoms with van der Waals surface area (Å²) in [4.78, 5) is 26.9. The summed E-state index contributed by atoms with van der Waals surface area (Å²) in [5.74, 6) is -0.461. The first-order chi connectivity index (χ1) is 10.5. The summed E-state index contributed by atoms with van der Waals surface area (Å²) < 4.78 is 0. The lowest BCUT2D eigenvalue weighted by molar-refractivity contribution is -0.156. The molecule has 2 N–H and O–H groups in total. The van der Waals surface area contributed by atoms with Crippen LogP contribution < -0.4 is 5.73 Å². The maximum Gasteiger partial charge on any atom is 0.247 e. The van der Waals surface area contributed by atoms with Crippen LogP contribution in [-0.4, -0.2) is 33.7 Å². The summed E-state index contributed by atoms with van der Waals surface area (Å²) in [6, 6.07) is 1.39. The summed E-state index contributed by atoms with van der Waals surface area (Å²) in [5.41, 5.74) is 3.52. The summed E-state index contributed by atoms with van der Waals surface area (Å²) in [6.07, 6.45) is 6.39. The van der Waals surface area contributed by atoms with Gasteiger partial charge in [0.25, 0.3) is 0 Å². The molecule has 5 nitrogen and oxygen atoms in total. The molecule has 1 heterocycles. The van der Waals surface area contributed by atoms with E-state index in [9.17, 15) is 14.9 Å². The second-order valence-corrected chi connectivity index (χ2v) is 7.24. The second-order valence-electron chi connectivity index (χ2n) is 7.24. The van der Waals surface area contributed by atoms with E-state index < -0.39 is 22.5 Å². The molecule has 2 atom stereocenters. The number of nitrogens with two attached hydrogens (primary N) is 1. The number of likely N-dealkylation sites (tertiary alicyclic amines) is 1. The number of allylic oxidation sites excluding steroid dienone is 3. The van der Waals surface area contributed by atoms with Crippen molar-refractivity contribution in [1.29, 1.82) is 5.26 Å². The number of hydrogen-bond acceptors (Lipinski definition) is 4. The molecule has 0 aromatic heterocycles. The van der Waals surface area contributed by atoms with Crippen molar-refractivity contribution in [3.63, 3.8) is 0 Å². The van der Waals surface area contributed by atoms with Gasteiger partial charge in [-0.15, -0.1) is 0 Å². The lowest BCUT2D eigenvalue weighted by Crippen LogP contribution is -2.75. The number of ketones is 1. The molecule has 1 saturated heterocycles. The Hall–Kier alpha value is -1.93. The highest BCUT2D eigenvalue weighted by Crippen LogP contribution is 2.48. The van der Waals surface area contributed by atoms with E-state index in [0.29, 0.717) is 0 Å². The lowest BCUT2D eigenvalue weighted by Gasteiger charge is -2.59. The van der Waals surface area contributed by atoms with Gasteiger partial charge >= 0.3 is 0 Å². The monoisotopic (exact) mass is 317 g/mol. The van der Waals surface area contributed by atoms with Crippen molar-refractivity contribution >= 4 is 11.7 Å². The topological polar surface area (TPSA) is 87.2 Å².